The predicted molar refractivity (Wildman–Crippen MR) is 56.4 cm³/mol. The molecule has 1 atom stereocenters. The second-order valence-corrected chi connectivity index (χ2v) is 4.45. The molecule has 0 saturated heterocycles. The van der Waals surface area contributed by atoms with Gasteiger partial charge in [0.25, 0.3) is 0 Å². The van der Waals surface area contributed by atoms with Gasteiger partial charge in [-0.25, -0.2) is 4.98 Å². The first-order valence-corrected chi connectivity index (χ1v) is 5.58. The third-order valence-electron chi connectivity index (χ3n) is 2.22. The van der Waals surface area contributed by atoms with Crippen LogP contribution in [-0.4, -0.2) is 23.2 Å². The normalized spacial score (nSPS) is 20.5. The smallest absolute Gasteiger partial charge is 0.250 e. The number of aromatic nitrogens is 1. The molecule has 3 N–H and O–H groups in total. The zero-order valence-corrected chi connectivity index (χ0v) is 8.84. The van der Waals surface area contributed by atoms with E-state index in [1.807, 2.05) is 0 Å². The SMILES string of the molecule is NC(=O)c1cnc2c(c1)C[NH+]([O-])CCS2. The highest BCUT2D eigenvalue weighted by molar-refractivity contribution is 7.99. The van der Waals surface area contributed by atoms with E-state index in [0.29, 0.717) is 18.7 Å². The Morgan fingerprint density at radius 3 is 3.20 bits per heavy atom. The summed E-state index contributed by atoms with van der Waals surface area (Å²) in [6.07, 6.45) is 1.46. The number of rotatable bonds is 1. The van der Waals surface area contributed by atoms with E-state index in [-0.39, 0.29) is 5.06 Å². The number of quaternary nitrogens is 1. The Bertz CT molecular complexity index is 397. The fraction of sp³-hybridized carbons (Fsp3) is 0.333. The van der Waals surface area contributed by atoms with E-state index in [1.54, 1.807) is 17.8 Å². The average Bonchev–Trinajstić information content (AvgIpc) is 2.37. The van der Waals surface area contributed by atoms with E-state index >= 15 is 0 Å². The van der Waals surface area contributed by atoms with E-state index in [0.717, 1.165) is 16.3 Å². The van der Waals surface area contributed by atoms with Crippen LogP contribution in [0.25, 0.3) is 0 Å². The van der Waals surface area contributed by atoms with Gasteiger partial charge in [0.15, 0.2) is 0 Å². The predicted octanol–water partition coefficient (Wildman–Crippen LogP) is -0.831. The van der Waals surface area contributed by atoms with Crippen LogP contribution in [0.15, 0.2) is 17.3 Å². The largest absolute Gasteiger partial charge is 0.634 e. The van der Waals surface area contributed by atoms with Crippen molar-refractivity contribution in [2.45, 2.75) is 11.6 Å². The molecule has 2 rings (SSSR count). The number of nitrogens with zero attached hydrogens (tertiary/aromatic N) is 1. The second-order valence-electron chi connectivity index (χ2n) is 3.37. The minimum atomic E-state index is -0.507. The molecule has 15 heavy (non-hydrogen) atoms. The topological polar surface area (TPSA) is 83.5 Å². The molecule has 1 aromatic rings. The molecule has 1 aliphatic rings. The van der Waals surface area contributed by atoms with Crippen LogP contribution in [0.1, 0.15) is 15.9 Å². The zero-order chi connectivity index (χ0) is 10.8. The zero-order valence-electron chi connectivity index (χ0n) is 8.03. The number of fused-ring (bicyclic) bond motifs is 1. The monoisotopic (exact) mass is 225 g/mol. The van der Waals surface area contributed by atoms with Crippen LogP contribution in [-0.2, 0) is 6.54 Å². The number of nitrogens with one attached hydrogen (secondary N) is 1. The third-order valence-corrected chi connectivity index (χ3v) is 3.27. The third kappa shape index (κ3) is 2.28. The van der Waals surface area contributed by atoms with E-state index < -0.39 is 5.91 Å². The molecule has 0 bridgehead atoms. The Balaban J connectivity index is 2.37. The first-order valence-electron chi connectivity index (χ1n) is 4.60. The maximum atomic E-state index is 11.4. The lowest BCUT2D eigenvalue weighted by Crippen LogP contribution is -3.06. The Morgan fingerprint density at radius 2 is 2.47 bits per heavy atom. The first-order chi connectivity index (χ1) is 7.16. The molecule has 0 fully saturated rings. The molecular formula is C9H11N3O2S. The molecule has 6 heteroatoms. The summed E-state index contributed by atoms with van der Waals surface area (Å²) < 4.78 is 0. The summed E-state index contributed by atoms with van der Waals surface area (Å²) in [5, 5.41) is 12.4. The van der Waals surface area contributed by atoms with Gasteiger partial charge in [0, 0.05) is 17.5 Å². The van der Waals surface area contributed by atoms with Crippen molar-refractivity contribution in [2.24, 2.45) is 5.73 Å². The quantitative estimate of drug-likeness (QED) is 0.611. The van der Waals surface area contributed by atoms with Crippen LogP contribution >= 0.6 is 11.8 Å². The average molecular weight is 225 g/mol. The number of carbonyl (C=O) groups is 1. The summed E-state index contributed by atoms with van der Waals surface area (Å²) in [7, 11) is 0. The molecule has 1 aliphatic heterocycles. The Labute approximate surface area is 91.2 Å². The van der Waals surface area contributed by atoms with Gasteiger partial charge in [-0.2, -0.15) is 0 Å². The van der Waals surface area contributed by atoms with Crippen molar-refractivity contribution in [3.8, 4) is 0 Å². The van der Waals surface area contributed by atoms with Gasteiger partial charge in [0.1, 0.15) is 11.6 Å². The number of hydrogen-bond acceptors (Lipinski definition) is 4. The van der Waals surface area contributed by atoms with Gasteiger partial charge in [0.2, 0.25) is 5.91 Å². The lowest BCUT2D eigenvalue weighted by Gasteiger charge is -2.19. The van der Waals surface area contributed by atoms with Gasteiger partial charge in [-0.15, -0.1) is 11.8 Å². The first kappa shape index (κ1) is 10.4. The molecule has 5 nitrogen and oxygen atoms in total. The van der Waals surface area contributed by atoms with Crippen LogP contribution in [0.5, 0.6) is 0 Å². The maximum absolute atomic E-state index is 11.4. The highest BCUT2D eigenvalue weighted by atomic mass is 32.2. The Morgan fingerprint density at radius 1 is 1.67 bits per heavy atom. The molecule has 0 spiro atoms. The van der Waals surface area contributed by atoms with Gasteiger partial charge in [-0.05, 0) is 6.07 Å². The Kier molecular flexibility index (Phi) is 2.90. The fourth-order valence-corrected chi connectivity index (χ4v) is 2.42. The fourth-order valence-electron chi connectivity index (χ4n) is 1.45. The van der Waals surface area contributed by atoms with E-state index in [1.165, 1.54) is 6.20 Å². The number of hydrogen-bond donors (Lipinski definition) is 2. The lowest BCUT2D eigenvalue weighted by molar-refractivity contribution is -0.859. The van der Waals surface area contributed by atoms with Crippen LogP contribution in [0.4, 0.5) is 0 Å². The van der Waals surface area contributed by atoms with Crippen LogP contribution in [0, 0.1) is 5.21 Å². The van der Waals surface area contributed by atoms with Crippen LogP contribution < -0.4 is 10.8 Å². The van der Waals surface area contributed by atoms with E-state index in [9.17, 15) is 10.0 Å². The number of amides is 1. The number of pyridine rings is 1. The molecule has 1 unspecified atom stereocenters. The van der Waals surface area contributed by atoms with Crippen molar-refractivity contribution in [2.75, 3.05) is 12.3 Å². The summed E-state index contributed by atoms with van der Waals surface area (Å²) in [6, 6.07) is 1.67. The molecule has 80 valence electrons. The summed E-state index contributed by atoms with van der Waals surface area (Å²) >= 11 is 1.55. The van der Waals surface area contributed by atoms with Crippen molar-refractivity contribution in [3.63, 3.8) is 0 Å². The molecule has 0 saturated carbocycles. The summed E-state index contributed by atoms with van der Waals surface area (Å²) in [6.45, 7) is 0.920. The van der Waals surface area contributed by atoms with Gasteiger partial charge in [0.05, 0.1) is 12.1 Å². The summed E-state index contributed by atoms with van der Waals surface area (Å²) in [5.74, 6) is 0.251. The number of primary amides is 1. The minimum absolute atomic E-state index is 0.185. The van der Waals surface area contributed by atoms with Crippen molar-refractivity contribution >= 4 is 17.7 Å². The van der Waals surface area contributed by atoms with Crippen molar-refractivity contribution < 1.29 is 9.86 Å². The van der Waals surface area contributed by atoms with Crippen molar-refractivity contribution in [1.29, 1.82) is 0 Å². The standard InChI is InChI=1S/C9H11N3O2S/c10-8(13)6-3-7-5-12(14)1-2-15-9(7)11-4-6/h3-4,12H,1-2,5H2,(H2,10,13). The number of thioether (sulfide) groups is 1. The van der Waals surface area contributed by atoms with E-state index in [4.69, 9.17) is 5.73 Å². The number of nitrogens with two attached hydrogens (primary N) is 1. The molecule has 0 aromatic carbocycles. The highest BCUT2D eigenvalue weighted by Gasteiger charge is 2.15. The molecule has 0 radical (unpaired) electrons. The molecular weight excluding hydrogens is 214 g/mol. The second kappa shape index (κ2) is 4.18. The molecule has 1 amide bonds. The van der Waals surface area contributed by atoms with Crippen LogP contribution in [0.3, 0.4) is 0 Å². The summed E-state index contributed by atoms with van der Waals surface area (Å²) in [5.41, 5.74) is 6.33. The molecule has 1 aromatic heterocycles. The van der Waals surface area contributed by atoms with Gasteiger partial charge >= 0.3 is 0 Å². The van der Waals surface area contributed by atoms with E-state index in [2.05, 4.69) is 4.98 Å². The van der Waals surface area contributed by atoms with Crippen molar-refractivity contribution in [1.82, 2.24) is 4.98 Å². The highest BCUT2D eigenvalue weighted by Crippen LogP contribution is 2.21. The van der Waals surface area contributed by atoms with Gasteiger partial charge < -0.3 is 16.0 Å². The number of carbonyl (C=O) groups excluding carboxylic acids is 1. The molecule has 0 aliphatic carbocycles. The summed E-state index contributed by atoms with van der Waals surface area (Å²) in [4.78, 5) is 15.1. The van der Waals surface area contributed by atoms with Gasteiger partial charge in [-0.1, -0.05) is 0 Å². The number of hydroxylamine groups is 2. The van der Waals surface area contributed by atoms with Gasteiger partial charge in [-0.3, -0.25) is 4.79 Å². The van der Waals surface area contributed by atoms with Crippen molar-refractivity contribution in [3.05, 3.63) is 28.6 Å². The Hall–Kier alpha value is -1.11. The molecule has 2 heterocycles. The maximum Gasteiger partial charge on any atom is 0.250 e. The van der Waals surface area contributed by atoms with Crippen LogP contribution in [0.2, 0.25) is 0 Å². The minimum Gasteiger partial charge on any atom is -0.634 e. The lowest BCUT2D eigenvalue weighted by atomic mass is 10.2.